The summed E-state index contributed by atoms with van der Waals surface area (Å²) < 4.78 is 1.58. The summed E-state index contributed by atoms with van der Waals surface area (Å²) in [7, 11) is 0. The molecular formula is C16H10ClN5S2. The number of rotatable bonds is 3. The minimum Gasteiger partial charge on any atom is -0.219 e. The van der Waals surface area contributed by atoms with Crippen LogP contribution in [0, 0.1) is 22.7 Å². The molecule has 0 aliphatic rings. The lowest BCUT2D eigenvalue weighted by Crippen LogP contribution is -2.03. The Morgan fingerprint density at radius 1 is 1.00 bits per heavy atom. The Bertz CT molecular complexity index is 1010. The van der Waals surface area contributed by atoms with Crippen molar-refractivity contribution >= 4 is 40.8 Å². The molecule has 0 bridgehead atoms. The van der Waals surface area contributed by atoms with Gasteiger partial charge in [-0.15, -0.1) is 23.5 Å². The molecule has 118 valence electrons. The maximum Gasteiger partial charge on any atom is 0.176 e. The maximum absolute atomic E-state index is 9.66. The molecule has 0 aliphatic carbocycles. The van der Waals surface area contributed by atoms with Crippen molar-refractivity contribution in [2.75, 3.05) is 12.5 Å². The van der Waals surface area contributed by atoms with Gasteiger partial charge < -0.3 is 0 Å². The van der Waals surface area contributed by atoms with Gasteiger partial charge >= 0.3 is 0 Å². The Morgan fingerprint density at radius 3 is 2.17 bits per heavy atom. The van der Waals surface area contributed by atoms with E-state index >= 15 is 0 Å². The molecule has 0 spiro atoms. The van der Waals surface area contributed by atoms with Gasteiger partial charge in [0.2, 0.25) is 0 Å². The lowest BCUT2D eigenvalue weighted by molar-refractivity contribution is 0.877. The first kappa shape index (κ1) is 16.7. The summed E-state index contributed by atoms with van der Waals surface area (Å²) >= 11 is 8.71. The van der Waals surface area contributed by atoms with E-state index in [-0.39, 0.29) is 0 Å². The lowest BCUT2D eigenvalue weighted by atomic mass is 10.1. The Balaban J connectivity index is 2.49. The van der Waals surface area contributed by atoms with E-state index in [1.165, 1.54) is 23.5 Å². The van der Waals surface area contributed by atoms with E-state index in [2.05, 4.69) is 22.2 Å². The second-order valence-electron chi connectivity index (χ2n) is 4.69. The quantitative estimate of drug-likeness (QED) is 0.506. The number of hydrogen-bond donors (Lipinski definition) is 0. The summed E-state index contributed by atoms with van der Waals surface area (Å²) in [6.07, 6.45) is 3.70. The van der Waals surface area contributed by atoms with E-state index in [9.17, 15) is 10.5 Å². The monoisotopic (exact) mass is 371 g/mol. The van der Waals surface area contributed by atoms with E-state index in [4.69, 9.17) is 11.6 Å². The normalized spacial score (nSPS) is 10.5. The van der Waals surface area contributed by atoms with Gasteiger partial charge in [0.25, 0.3) is 0 Å². The average molecular weight is 372 g/mol. The average Bonchev–Trinajstić information content (AvgIpc) is 2.97. The topological polar surface area (TPSA) is 77.8 Å². The predicted molar refractivity (Wildman–Crippen MR) is 96.4 cm³/mol. The van der Waals surface area contributed by atoms with Crippen LogP contribution in [-0.4, -0.2) is 27.1 Å². The Labute approximate surface area is 152 Å². The minimum absolute atomic E-state index is 0.414. The van der Waals surface area contributed by atoms with Gasteiger partial charge in [0.1, 0.15) is 33.3 Å². The summed E-state index contributed by atoms with van der Waals surface area (Å²) in [5, 5.41) is 25.4. The van der Waals surface area contributed by atoms with Gasteiger partial charge in [-0.3, -0.25) is 0 Å². The van der Waals surface area contributed by atoms with E-state index in [1.54, 1.807) is 16.6 Å². The number of fused-ring (bicyclic) bond motifs is 1. The summed E-state index contributed by atoms with van der Waals surface area (Å²) in [4.78, 5) is 4.49. The number of hydrogen-bond acceptors (Lipinski definition) is 6. The zero-order valence-corrected chi connectivity index (χ0v) is 15.1. The van der Waals surface area contributed by atoms with Crippen molar-refractivity contribution in [3.8, 4) is 23.4 Å². The van der Waals surface area contributed by atoms with Gasteiger partial charge in [-0.25, -0.2) is 9.50 Å². The first-order chi connectivity index (χ1) is 11.6. The molecule has 3 aromatic rings. The molecule has 2 aromatic heterocycles. The fourth-order valence-electron chi connectivity index (χ4n) is 2.37. The number of aromatic nitrogens is 3. The van der Waals surface area contributed by atoms with Crippen molar-refractivity contribution in [1.82, 2.24) is 14.6 Å². The van der Waals surface area contributed by atoms with Crippen LogP contribution in [0.5, 0.6) is 0 Å². The zero-order valence-electron chi connectivity index (χ0n) is 12.7. The molecule has 2 heterocycles. The van der Waals surface area contributed by atoms with Crippen LogP contribution in [0.15, 0.2) is 34.3 Å². The van der Waals surface area contributed by atoms with Crippen LogP contribution in [-0.2, 0) is 0 Å². The maximum atomic E-state index is 9.66. The molecule has 24 heavy (non-hydrogen) atoms. The van der Waals surface area contributed by atoms with E-state index < -0.39 is 0 Å². The predicted octanol–water partition coefficient (Wildman–Crippen LogP) is 4.24. The summed E-state index contributed by atoms with van der Waals surface area (Å²) in [6, 6.07) is 11.6. The van der Waals surface area contributed by atoms with Crippen molar-refractivity contribution in [3.05, 3.63) is 40.4 Å². The van der Waals surface area contributed by atoms with E-state index in [0.29, 0.717) is 37.5 Å². The SMILES string of the molecule is CSc1nc2c(C#N)c(SC)nn2c(-c2ccc(Cl)cc2)c1C#N. The molecule has 0 saturated heterocycles. The molecule has 0 N–H and O–H groups in total. The van der Waals surface area contributed by atoms with Gasteiger partial charge in [0.05, 0.1) is 5.69 Å². The molecule has 0 amide bonds. The largest absolute Gasteiger partial charge is 0.219 e. The van der Waals surface area contributed by atoms with Crippen molar-refractivity contribution in [2.45, 2.75) is 10.1 Å². The van der Waals surface area contributed by atoms with Crippen LogP contribution in [0.3, 0.4) is 0 Å². The molecule has 0 saturated carbocycles. The van der Waals surface area contributed by atoms with Crippen molar-refractivity contribution in [2.24, 2.45) is 0 Å². The van der Waals surface area contributed by atoms with Gasteiger partial charge in [0, 0.05) is 10.6 Å². The third-order valence-electron chi connectivity index (χ3n) is 3.43. The van der Waals surface area contributed by atoms with Gasteiger partial charge in [-0.1, -0.05) is 23.7 Å². The Morgan fingerprint density at radius 2 is 1.62 bits per heavy atom. The fourth-order valence-corrected chi connectivity index (χ4v) is 3.53. The molecule has 3 rings (SSSR count). The van der Waals surface area contributed by atoms with Gasteiger partial charge in [0.15, 0.2) is 5.65 Å². The van der Waals surface area contributed by atoms with Crippen molar-refractivity contribution in [3.63, 3.8) is 0 Å². The molecule has 1 aromatic carbocycles. The van der Waals surface area contributed by atoms with E-state index in [1.807, 2.05) is 24.6 Å². The fraction of sp³-hybridized carbons (Fsp3) is 0.125. The summed E-state index contributed by atoms with van der Waals surface area (Å²) in [5.41, 5.74) is 2.70. The number of benzene rings is 1. The molecule has 0 radical (unpaired) electrons. The highest BCUT2D eigenvalue weighted by Gasteiger charge is 2.22. The second kappa shape index (κ2) is 6.74. The molecular weight excluding hydrogens is 362 g/mol. The first-order valence-electron chi connectivity index (χ1n) is 6.75. The zero-order chi connectivity index (χ0) is 17.3. The number of halogens is 1. The number of nitrogens with zero attached hydrogens (tertiary/aromatic N) is 5. The first-order valence-corrected chi connectivity index (χ1v) is 9.58. The van der Waals surface area contributed by atoms with Crippen LogP contribution in [0.1, 0.15) is 11.1 Å². The Hall–Kier alpha value is -2.19. The van der Waals surface area contributed by atoms with Crippen LogP contribution >= 0.6 is 35.1 Å². The highest BCUT2D eigenvalue weighted by atomic mass is 35.5. The van der Waals surface area contributed by atoms with Crippen LogP contribution in [0.25, 0.3) is 16.9 Å². The third-order valence-corrected chi connectivity index (χ3v) is 5.03. The van der Waals surface area contributed by atoms with Gasteiger partial charge in [-0.05, 0) is 24.6 Å². The van der Waals surface area contributed by atoms with Crippen LogP contribution in [0.4, 0.5) is 0 Å². The molecule has 0 atom stereocenters. The van der Waals surface area contributed by atoms with Gasteiger partial charge in [-0.2, -0.15) is 15.6 Å². The molecule has 0 fully saturated rings. The standard InChI is InChI=1S/C16H10ClN5S2/c1-23-15-11(7-18)13(9-3-5-10(17)6-4-9)22-14(20-15)12(8-19)16(21-22)24-2/h3-6H,1-2H3. The molecule has 0 unspecified atom stereocenters. The third kappa shape index (κ3) is 2.61. The van der Waals surface area contributed by atoms with Crippen LogP contribution in [0.2, 0.25) is 5.02 Å². The lowest BCUT2D eigenvalue weighted by Gasteiger charge is -2.10. The van der Waals surface area contributed by atoms with Crippen molar-refractivity contribution in [1.29, 1.82) is 10.5 Å². The highest BCUT2D eigenvalue weighted by Crippen LogP contribution is 2.33. The summed E-state index contributed by atoms with van der Waals surface area (Å²) in [5.74, 6) is 0. The molecule has 8 heteroatoms. The smallest absolute Gasteiger partial charge is 0.176 e. The van der Waals surface area contributed by atoms with E-state index in [0.717, 1.165) is 5.56 Å². The number of thioether (sulfide) groups is 2. The minimum atomic E-state index is 0.414. The summed E-state index contributed by atoms with van der Waals surface area (Å²) in [6.45, 7) is 0. The molecule has 0 aliphatic heterocycles. The second-order valence-corrected chi connectivity index (χ2v) is 6.72. The molecule has 5 nitrogen and oxygen atoms in total. The highest BCUT2D eigenvalue weighted by molar-refractivity contribution is 7.98. The Kier molecular flexibility index (Phi) is 4.68. The van der Waals surface area contributed by atoms with Crippen molar-refractivity contribution < 1.29 is 0 Å². The van der Waals surface area contributed by atoms with Crippen LogP contribution < -0.4 is 0 Å². The number of nitriles is 2.